The molecule has 0 aliphatic heterocycles. The highest BCUT2D eigenvalue weighted by atomic mass is 19.1. The van der Waals surface area contributed by atoms with E-state index in [4.69, 9.17) is 5.73 Å². The Morgan fingerprint density at radius 2 is 1.76 bits per heavy atom. The lowest BCUT2D eigenvalue weighted by atomic mass is 10.2. The number of halogens is 2. The van der Waals surface area contributed by atoms with Gasteiger partial charge < -0.3 is 11.1 Å². The summed E-state index contributed by atoms with van der Waals surface area (Å²) in [5, 5.41) is 2.78. The van der Waals surface area contributed by atoms with Crippen LogP contribution in [0.1, 0.15) is 5.56 Å². The van der Waals surface area contributed by atoms with Crippen LogP contribution in [-0.2, 0) is 0 Å². The van der Waals surface area contributed by atoms with Gasteiger partial charge in [0.15, 0.2) is 0 Å². The van der Waals surface area contributed by atoms with Crippen molar-refractivity contribution < 1.29 is 8.78 Å². The lowest BCUT2D eigenvalue weighted by Crippen LogP contribution is -1.98. The second kappa shape index (κ2) is 4.37. The lowest BCUT2D eigenvalue weighted by molar-refractivity contribution is 0.584. The van der Waals surface area contributed by atoms with Crippen molar-refractivity contribution in [1.29, 1.82) is 0 Å². The molecule has 0 radical (unpaired) electrons. The highest BCUT2D eigenvalue weighted by Crippen LogP contribution is 2.20. The number of aryl methyl sites for hydroxylation is 1. The third kappa shape index (κ3) is 2.69. The van der Waals surface area contributed by atoms with Crippen LogP contribution in [0.2, 0.25) is 0 Å². The number of pyridine rings is 1. The molecule has 1 aromatic carbocycles. The third-order valence-corrected chi connectivity index (χ3v) is 2.28. The molecule has 1 aromatic heterocycles. The minimum atomic E-state index is -0.646. The SMILES string of the molecule is Cc1cnc(Nc2cc(F)cc(F)c2)cc1N. The van der Waals surface area contributed by atoms with Crippen molar-refractivity contribution in [2.75, 3.05) is 11.1 Å². The summed E-state index contributed by atoms with van der Waals surface area (Å²) < 4.78 is 25.9. The molecule has 0 fully saturated rings. The molecule has 0 saturated heterocycles. The van der Waals surface area contributed by atoms with E-state index in [0.29, 0.717) is 17.2 Å². The maximum absolute atomic E-state index is 12.9. The predicted octanol–water partition coefficient (Wildman–Crippen LogP) is 2.99. The molecule has 0 bridgehead atoms. The number of nitrogens with two attached hydrogens (primary N) is 1. The quantitative estimate of drug-likeness (QED) is 0.841. The van der Waals surface area contributed by atoms with Crippen molar-refractivity contribution in [3.63, 3.8) is 0 Å². The van der Waals surface area contributed by atoms with Crippen LogP contribution < -0.4 is 11.1 Å². The summed E-state index contributed by atoms with van der Waals surface area (Å²) in [5.74, 6) is -0.849. The number of hydrogen-bond donors (Lipinski definition) is 2. The van der Waals surface area contributed by atoms with Gasteiger partial charge in [0.2, 0.25) is 0 Å². The Kier molecular flexibility index (Phi) is 2.91. The van der Waals surface area contributed by atoms with E-state index in [9.17, 15) is 8.78 Å². The fourth-order valence-electron chi connectivity index (χ4n) is 1.38. The maximum Gasteiger partial charge on any atom is 0.132 e. The lowest BCUT2D eigenvalue weighted by Gasteiger charge is -2.07. The van der Waals surface area contributed by atoms with Crippen LogP contribution in [-0.4, -0.2) is 4.98 Å². The molecular formula is C12H11F2N3. The zero-order valence-electron chi connectivity index (χ0n) is 9.17. The van der Waals surface area contributed by atoms with Crippen LogP contribution >= 0.6 is 0 Å². The van der Waals surface area contributed by atoms with Gasteiger partial charge in [-0.05, 0) is 24.6 Å². The van der Waals surface area contributed by atoms with Crippen molar-refractivity contribution in [1.82, 2.24) is 4.98 Å². The highest BCUT2D eigenvalue weighted by Gasteiger charge is 2.03. The van der Waals surface area contributed by atoms with Crippen LogP contribution in [0.5, 0.6) is 0 Å². The van der Waals surface area contributed by atoms with E-state index in [-0.39, 0.29) is 0 Å². The van der Waals surface area contributed by atoms with E-state index in [2.05, 4.69) is 10.3 Å². The fraction of sp³-hybridized carbons (Fsp3) is 0.0833. The largest absolute Gasteiger partial charge is 0.398 e. The molecule has 2 rings (SSSR count). The van der Waals surface area contributed by atoms with Crippen LogP contribution in [0.25, 0.3) is 0 Å². The molecule has 88 valence electrons. The summed E-state index contributed by atoms with van der Waals surface area (Å²) in [6.07, 6.45) is 1.59. The molecule has 3 nitrogen and oxygen atoms in total. The average molecular weight is 235 g/mol. The third-order valence-electron chi connectivity index (χ3n) is 2.28. The van der Waals surface area contributed by atoms with E-state index < -0.39 is 11.6 Å². The summed E-state index contributed by atoms with van der Waals surface area (Å²) in [7, 11) is 0. The van der Waals surface area contributed by atoms with E-state index in [1.807, 2.05) is 6.92 Å². The van der Waals surface area contributed by atoms with E-state index in [1.54, 1.807) is 12.3 Å². The van der Waals surface area contributed by atoms with Gasteiger partial charge in [-0.25, -0.2) is 13.8 Å². The molecule has 0 saturated carbocycles. The van der Waals surface area contributed by atoms with Crippen molar-refractivity contribution in [3.8, 4) is 0 Å². The number of nitrogens with one attached hydrogen (secondary N) is 1. The minimum Gasteiger partial charge on any atom is -0.398 e. The van der Waals surface area contributed by atoms with Gasteiger partial charge in [-0.3, -0.25) is 0 Å². The van der Waals surface area contributed by atoms with Crippen molar-refractivity contribution >= 4 is 17.2 Å². The Bertz CT molecular complexity index is 535. The second-order valence-corrected chi connectivity index (χ2v) is 3.71. The molecule has 17 heavy (non-hydrogen) atoms. The van der Waals surface area contributed by atoms with Crippen molar-refractivity contribution in [2.45, 2.75) is 6.92 Å². The number of benzene rings is 1. The average Bonchev–Trinajstić information content (AvgIpc) is 2.22. The standard InChI is InChI=1S/C12H11F2N3/c1-7-6-16-12(5-11(7)15)17-10-3-8(13)2-9(14)4-10/h2-6H,1H3,(H3,15,16,17). The van der Waals surface area contributed by atoms with Crippen molar-refractivity contribution in [3.05, 3.63) is 47.7 Å². The van der Waals surface area contributed by atoms with Gasteiger partial charge >= 0.3 is 0 Å². The molecule has 0 atom stereocenters. The first-order valence-electron chi connectivity index (χ1n) is 5.00. The fourth-order valence-corrected chi connectivity index (χ4v) is 1.38. The predicted molar refractivity (Wildman–Crippen MR) is 63.0 cm³/mol. The number of nitrogens with zero attached hydrogens (tertiary/aromatic N) is 1. The van der Waals surface area contributed by atoms with Gasteiger partial charge in [-0.15, -0.1) is 0 Å². The van der Waals surface area contributed by atoms with E-state index in [0.717, 1.165) is 11.6 Å². The minimum absolute atomic E-state index is 0.290. The molecular weight excluding hydrogens is 224 g/mol. The Hall–Kier alpha value is -2.17. The Morgan fingerprint density at radius 3 is 2.35 bits per heavy atom. The van der Waals surface area contributed by atoms with Gasteiger partial charge in [-0.1, -0.05) is 0 Å². The van der Waals surface area contributed by atoms with Crippen LogP contribution in [0.15, 0.2) is 30.5 Å². The summed E-state index contributed by atoms with van der Waals surface area (Å²) in [5.41, 5.74) is 7.41. The van der Waals surface area contributed by atoms with Gasteiger partial charge in [-0.2, -0.15) is 0 Å². The molecule has 0 aliphatic rings. The van der Waals surface area contributed by atoms with Gasteiger partial charge in [0, 0.05) is 29.7 Å². The monoisotopic (exact) mass is 235 g/mol. The van der Waals surface area contributed by atoms with E-state index in [1.165, 1.54) is 12.1 Å². The smallest absolute Gasteiger partial charge is 0.132 e. The number of rotatable bonds is 2. The van der Waals surface area contributed by atoms with Crippen molar-refractivity contribution in [2.24, 2.45) is 0 Å². The number of hydrogen-bond acceptors (Lipinski definition) is 3. The number of aromatic nitrogens is 1. The zero-order chi connectivity index (χ0) is 12.4. The molecule has 2 aromatic rings. The maximum atomic E-state index is 12.9. The van der Waals surface area contributed by atoms with Gasteiger partial charge in [0.25, 0.3) is 0 Å². The Morgan fingerprint density at radius 1 is 1.12 bits per heavy atom. The number of nitrogen functional groups attached to an aromatic ring is 1. The normalized spacial score (nSPS) is 10.3. The molecule has 0 amide bonds. The molecule has 5 heteroatoms. The summed E-state index contributed by atoms with van der Waals surface area (Å²) in [6.45, 7) is 1.83. The number of anilines is 3. The van der Waals surface area contributed by atoms with Crippen LogP contribution in [0.4, 0.5) is 26.0 Å². The first-order valence-corrected chi connectivity index (χ1v) is 5.00. The summed E-state index contributed by atoms with van der Waals surface area (Å²) in [4.78, 5) is 4.06. The molecule has 0 spiro atoms. The summed E-state index contributed by atoms with van der Waals surface area (Å²) >= 11 is 0. The second-order valence-electron chi connectivity index (χ2n) is 3.71. The van der Waals surface area contributed by atoms with Gasteiger partial charge in [0.1, 0.15) is 17.5 Å². The first-order chi connectivity index (χ1) is 8.04. The van der Waals surface area contributed by atoms with Crippen LogP contribution in [0.3, 0.4) is 0 Å². The molecule has 0 aliphatic carbocycles. The topological polar surface area (TPSA) is 50.9 Å². The zero-order valence-corrected chi connectivity index (χ0v) is 9.17. The Balaban J connectivity index is 2.28. The Labute approximate surface area is 97.3 Å². The highest BCUT2D eigenvalue weighted by molar-refractivity contribution is 5.61. The molecule has 0 unspecified atom stereocenters. The molecule has 3 N–H and O–H groups in total. The van der Waals surface area contributed by atoms with Gasteiger partial charge in [0.05, 0.1) is 0 Å². The summed E-state index contributed by atoms with van der Waals surface area (Å²) in [6, 6.07) is 4.78. The van der Waals surface area contributed by atoms with E-state index >= 15 is 0 Å². The first kappa shape index (κ1) is 11.3. The molecule has 1 heterocycles. The van der Waals surface area contributed by atoms with Crippen LogP contribution in [0, 0.1) is 18.6 Å².